The molecule has 1 saturated carbocycles. The number of aromatic nitrogens is 4. The van der Waals surface area contributed by atoms with Crippen LogP contribution in [0.15, 0.2) is 30.6 Å². The number of nitrogens with one attached hydrogen (secondary N) is 1. The molecule has 4 rings (SSSR count). The summed E-state index contributed by atoms with van der Waals surface area (Å²) in [6, 6.07) is 5.92. The second-order valence-corrected chi connectivity index (χ2v) is 6.76. The van der Waals surface area contributed by atoms with Crippen LogP contribution in [0.1, 0.15) is 42.5 Å². The molecule has 1 fully saturated rings. The van der Waals surface area contributed by atoms with Gasteiger partial charge in [-0.3, -0.25) is 9.08 Å². The Hall–Kier alpha value is -2.83. The first-order valence-corrected chi connectivity index (χ1v) is 9.02. The molecule has 7 nitrogen and oxygen atoms in total. The van der Waals surface area contributed by atoms with E-state index in [0.29, 0.717) is 17.3 Å². The third kappa shape index (κ3) is 2.94. The molecule has 0 spiro atoms. The van der Waals surface area contributed by atoms with Gasteiger partial charge in [0.25, 0.3) is 0 Å². The van der Waals surface area contributed by atoms with E-state index in [4.69, 9.17) is 9.72 Å². The summed E-state index contributed by atoms with van der Waals surface area (Å²) < 4.78 is 8.65. The van der Waals surface area contributed by atoms with Crippen molar-refractivity contribution in [3.63, 3.8) is 0 Å². The molecule has 0 atom stereocenters. The van der Waals surface area contributed by atoms with Gasteiger partial charge in [0, 0.05) is 25.5 Å². The highest BCUT2D eigenvalue weighted by Crippen LogP contribution is 2.31. The lowest BCUT2D eigenvalue weighted by molar-refractivity contribution is 0.0600. The number of hydrogen-bond donors (Lipinski definition) is 1. The number of imidazole rings is 1. The smallest absolute Gasteiger partial charge is 0.338 e. The van der Waals surface area contributed by atoms with E-state index in [9.17, 15) is 4.79 Å². The first-order chi connectivity index (χ1) is 12.7. The summed E-state index contributed by atoms with van der Waals surface area (Å²) in [6.07, 6.45) is 9.78. The van der Waals surface area contributed by atoms with Gasteiger partial charge in [-0.25, -0.2) is 9.78 Å². The van der Waals surface area contributed by atoms with E-state index in [1.807, 2.05) is 28.4 Å². The summed E-state index contributed by atoms with van der Waals surface area (Å²) in [5.41, 5.74) is 2.98. The van der Waals surface area contributed by atoms with Gasteiger partial charge in [0.2, 0.25) is 0 Å². The molecule has 3 heterocycles. The van der Waals surface area contributed by atoms with Gasteiger partial charge in [0.05, 0.1) is 18.4 Å². The van der Waals surface area contributed by atoms with Crippen LogP contribution in [0.3, 0.4) is 0 Å². The molecule has 0 radical (unpaired) electrons. The minimum absolute atomic E-state index is 0.362. The maximum Gasteiger partial charge on any atom is 0.338 e. The molecule has 0 bridgehead atoms. The van der Waals surface area contributed by atoms with E-state index in [1.54, 1.807) is 18.3 Å². The maximum absolute atomic E-state index is 11.9. The standard InChI is InChI=1S/C19H23N5O2/c1-23-15(8-10-20-23)17-18(21-14-6-4-3-5-7-14)24-11-9-13(19(25)26-2)12-16(24)22-17/h8-12,14,21H,3-7H2,1-2H3. The second-order valence-electron chi connectivity index (χ2n) is 6.76. The monoisotopic (exact) mass is 353 g/mol. The summed E-state index contributed by atoms with van der Waals surface area (Å²) in [5.74, 6) is 0.589. The number of hydrogen-bond acceptors (Lipinski definition) is 5. The zero-order chi connectivity index (χ0) is 18.1. The topological polar surface area (TPSA) is 73.5 Å². The number of esters is 1. The molecule has 26 heavy (non-hydrogen) atoms. The predicted octanol–water partition coefficient (Wildman–Crippen LogP) is 3.27. The van der Waals surface area contributed by atoms with Crippen LogP contribution in [0.2, 0.25) is 0 Å². The average molecular weight is 353 g/mol. The molecule has 1 aliphatic rings. The highest BCUT2D eigenvalue weighted by atomic mass is 16.5. The van der Waals surface area contributed by atoms with Crippen molar-refractivity contribution in [3.05, 3.63) is 36.2 Å². The lowest BCUT2D eigenvalue weighted by Gasteiger charge is -2.24. The van der Waals surface area contributed by atoms with Crippen LogP contribution in [0.5, 0.6) is 0 Å². The van der Waals surface area contributed by atoms with Crippen molar-refractivity contribution in [2.24, 2.45) is 7.05 Å². The Kier molecular flexibility index (Phi) is 4.36. The molecule has 0 aromatic carbocycles. The van der Waals surface area contributed by atoms with Crippen LogP contribution in [-0.4, -0.2) is 38.3 Å². The van der Waals surface area contributed by atoms with E-state index in [1.165, 1.54) is 26.4 Å². The SMILES string of the molecule is COC(=O)c1ccn2c(NC3CCCCC3)c(-c3ccnn3C)nc2c1. The Morgan fingerprint density at radius 3 is 2.77 bits per heavy atom. The quantitative estimate of drug-likeness (QED) is 0.729. The largest absolute Gasteiger partial charge is 0.465 e. The van der Waals surface area contributed by atoms with E-state index < -0.39 is 0 Å². The van der Waals surface area contributed by atoms with Crippen LogP contribution < -0.4 is 5.32 Å². The molecule has 0 amide bonds. The fourth-order valence-corrected chi connectivity index (χ4v) is 3.65. The first kappa shape index (κ1) is 16.6. The number of nitrogens with zero attached hydrogens (tertiary/aromatic N) is 4. The summed E-state index contributed by atoms with van der Waals surface area (Å²) in [5, 5.41) is 7.97. The molecule has 3 aromatic heterocycles. The fourth-order valence-electron chi connectivity index (χ4n) is 3.65. The Bertz CT molecular complexity index is 937. The summed E-state index contributed by atoms with van der Waals surface area (Å²) in [7, 11) is 3.29. The number of methoxy groups -OCH3 is 1. The molecule has 1 N–H and O–H groups in total. The predicted molar refractivity (Wildman–Crippen MR) is 99.2 cm³/mol. The van der Waals surface area contributed by atoms with Gasteiger partial charge in [0.1, 0.15) is 17.2 Å². The third-order valence-electron chi connectivity index (χ3n) is 5.06. The number of ether oxygens (including phenoxy) is 1. The molecule has 1 aliphatic carbocycles. The zero-order valence-electron chi connectivity index (χ0n) is 15.1. The number of rotatable bonds is 4. The van der Waals surface area contributed by atoms with Crippen LogP contribution in [0, 0.1) is 0 Å². The highest BCUT2D eigenvalue weighted by molar-refractivity contribution is 5.91. The third-order valence-corrected chi connectivity index (χ3v) is 5.06. The van der Waals surface area contributed by atoms with Gasteiger partial charge in [-0.05, 0) is 31.0 Å². The number of pyridine rings is 1. The fraction of sp³-hybridized carbons (Fsp3) is 0.421. The van der Waals surface area contributed by atoms with Crippen molar-refractivity contribution in [2.75, 3.05) is 12.4 Å². The maximum atomic E-state index is 11.9. The van der Waals surface area contributed by atoms with Crippen LogP contribution in [0.4, 0.5) is 5.82 Å². The number of aryl methyl sites for hydroxylation is 1. The van der Waals surface area contributed by atoms with Crippen molar-refractivity contribution in [2.45, 2.75) is 38.1 Å². The molecular weight excluding hydrogens is 330 g/mol. The lowest BCUT2D eigenvalue weighted by atomic mass is 9.95. The summed E-state index contributed by atoms with van der Waals surface area (Å²) in [4.78, 5) is 16.7. The van der Waals surface area contributed by atoms with E-state index >= 15 is 0 Å². The first-order valence-electron chi connectivity index (χ1n) is 9.02. The van der Waals surface area contributed by atoms with Crippen molar-refractivity contribution in [1.82, 2.24) is 19.2 Å². The van der Waals surface area contributed by atoms with Gasteiger partial charge in [-0.1, -0.05) is 19.3 Å². The van der Waals surface area contributed by atoms with Gasteiger partial charge in [0.15, 0.2) is 0 Å². The Labute approximate surface area is 152 Å². The van der Waals surface area contributed by atoms with Crippen molar-refractivity contribution < 1.29 is 9.53 Å². The van der Waals surface area contributed by atoms with Crippen LogP contribution in [-0.2, 0) is 11.8 Å². The van der Waals surface area contributed by atoms with E-state index in [0.717, 1.165) is 30.0 Å². The molecule has 136 valence electrons. The molecule has 0 unspecified atom stereocenters. The number of carbonyl (C=O) groups excluding carboxylic acids is 1. The van der Waals surface area contributed by atoms with Gasteiger partial charge >= 0.3 is 5.97 Å². The number of anilines is 1. The average Bonchev–Trinajstić information content (AvgIpc) is 3.25. The van der Waals surface area contributed by atoms with Gasteiger partial charge < -0.3 is 10.1 Å². The highest BCUT2D eigenvalue weighted by Gasteiger charge is 2.21. The second kappa shape index (κ2) is 6.82. The molecule has 7 heteroatoms. The molecule has 0 aliphatic heterocycles. The Morgan fingerprint density at radius 2 is 2.08 bits per heavy atom. The summed E-state index contributed by atoms with van der Waals surface area (Å²) >= 11 is 0. The molecule has 3 aromatic rings. The number of carbonyl (C=O) groups is 1. The Balaban J connectivity index is 1.82. The minimum Gasteiger partial charge on any atom is -0.465 e. The zero-order valence-corrected chi connectivity index (χ0v) is 15.1. The lowest BCUT2D eigenvalue weighted by Crippen LogP contribution is -2.23. The van der Waals surface area contributed by atoms with E-state index in [-0.39, 0.29) is 5.97 Å². The van der Waals surface area contributed by atoms with Crippen molar-refractivity contribution >= 4 is 17.4 Å². The Morgan fingerprint density at radius 1 is 1.27 bits per heavy atom. The van der Waals surface area contributed by atoms with Gasteiger partial charge in [-0.15, -0.1) is 0 Å². The molecular formula is C19H23N5O2. The van der Waals surface area contributed by atoms with Crippen LogP contribution in [0.25, 0.3) is 17.0 Å². The van der Waals surface area contributed by atoms with Crippen LogP contribution >= 0.6 is 0 Å². The number of fused-ring (bicyclic) bond motifs is 1. The molecule has 0 saturated heterocycles. The van der Waals surface area contributed by atoms with Crippen molar-refractivity contribution in [3.8, 4) is 11.4 Å². The van der Waals surface area contributed by atoms with E-state index in [2.05, 4.69) is 10.4 Å². The van der Waals surface area contributed by atoms with Gasteiger partial charge in [-0.2, -0.15) is 5.10 Å². The van der Waals surface area contributed by atoms with Crippen molar-refractivity contribution in [1.29, 1.82) is 0 Å². The minimum atomic E-state index is -0.362. The normalized spacial score (nSPS) is 15.3. The summed E-state index contributed by atoms with van der Waals surface area (Å²) in [6.45, 7) is 0.